The summed E-state index contributed by atoms with van der Waals surface area (Å²) in [6.45, 7) is 3.58. The van der Waals surface area contributed by atoms with Crippen LogP contribution < -0.4 is 10.1 Å². The number of nitrogens with zero attached hydrogens (tertiary/aromatic N) is 2. The summed E-state index contributed by atoms with van der Waals surface area (Å²) in [7, 11) is 0. The van der Waals surface area contributed by atoms with E-state index in [0.717, 1.165) is 5.56 Å². The lowest BCUT2D eigenvalue weighted by Crippen LogP contribution is -2.31. The molecule has 0 bridgehead atoms. The van der Waals surface area contributed by atoms with Gasteiger partial charge < -0.3 is 14.6 Å². The number of aromatic nitrogens is 2. The average molecular weight is 337 g/mol. The van der Waals surface area contributed by atoms with Crippen LogP contribution in [0.1, 0.15) is 24.4 Å². The average Bonchev–Trinajstić information content (AvgIpc) is 3.07. The molecule has 6 nitrogen and oxygen atoms in total. The van der Waals surface area contributed by atoms with Crippen molar-refractivity contribution in [2.75, 3.05) is 6.61 Å². The van der Waals surface area contributed by atoms with Crippen molar-refractivity contribution in [3.63, 3.8) is 0 Å². The van der Waals surface area contributed by atoms with Crippen LogP contribution in [0.5, 0.6) is 5.75 Å². The molecule has 1 aromatic heterocycles. The summed E-state index contributed by atoms with van der Waals surface area (Å²) in [6, 6.07) is 16.9. The molecule has 3 rings (SSSR count). The number of para-hydroxylation sites is 1. The number of aryl methyl sites for hydroxylation is 1. The number of hydrogen-bond acceptors (Lipinski definition) is 5. The van der Waals surface area contributed by atoms with E-state index in [2.05, 4.69) is 15.5 Å². The van der Waals surface area contributed by atoms with E-state index in [-0.39, 0.29) is 18.6 Å². The fraction of sp³-hybridized carbons (Fsp3) is 0.211. The smallest absolute Gasteiger partial charge is 0.261 e. The van der Waals surface area contributed by atoms with Gasteiger partial charge in [0, 0.05) is 0 Å². The topological polar surface area (TPSA) is 77.2 Å². The van der Waals surface area contributed by atoms with E-state index < -0.39 is 0 Å². The van der Waals surface area contributed by atoms with Gasteiger partial charge in [0.2, 0.25) is 0 Å². The van der Waals surface area contributed by atoms with Gasteiger partial charge in [-0.25, -0.2) is 0 Å². The SMILES string of the molecule is Cc1noc(-c2ccccc2OCC(=O)N[C@@H](C)c2ccccc2)n1. The molecule has 6 heteroatoms. The van der Waals surface area contributed by atoms with Gasteiger partial charge in [0.1, 0.15) is 5.75 Å². The highest BCUT2D eigenvalue weighted by atomic mass is 16.5. The van der Waals surface area contributed by atoms with E-state index in [9.17, 15) is 4.79 Å². The summed E-state index contributed by atoms with van der Waals surface area (Å²) in [5, 5.41) is 6.70. The van der Waals surface area contributed by atoms with Crippen LogP contribution in [0.3, 0.4) is 0 Å². The number of carbonyl (C=O) groups excluding carboxylic acids is 1. The number of hydrogen-bond donors (Lipinski definition) is 1. The van der Waals surface area contributed by atoms with Gasteiger partial charge in [-0.3, -0.25) is 4.79 Å². The maximum atomic E-state index is 12.2. The molecule has 0 unspecified atom stereocenters. The Labute approximate surface area is 145 Å². The lowest BCUT2D eigenvalue weighted by Gasteiger charge is -2.15. The predicted octanol–water partition coefficient (Wildman–Crippen LogP) is 3.30. The molecule has 128 valence electrons. The second-order valence-electron chi connectivity index (χ2n) is 5.63. The second kappa shape index (κ2) is 7.61. The number of benzene rings is 2. The summed E-state index contributed by atoms with van der Waals surface area (Å²) < 4.78 is 10.8. The molecule has 1 atom stereocenters. The maximum Gasteiger partial charge on any atom is 0.261 e. The highest BCUT2D eigenvalue weighted by Gasteiger charge is 2.14. The van der Waals surface area contributed by atoms with Crippen LogP contribution in [-0.2, 0) is 4.79 Å². The number of ether oxygens (including phenoxy) is 1. The first kappa shape index (κ1) is 16.7. The highest BCUT2D eigenvalue weighted by Crippen LogP contribution is 2.28. The summed E-state index contributed by atoms with van der Waals surface area (Å²) in [4.78, 5) is 16.4. The summed E-state index contributed by atoms with van der Waals surface area (Å²) in [5.41, 5.74) is 1.70. The van der Waals surface area contributed by atoms with Gasteiger partial charge in [0.25, 0.3) is 11.8 Å². The molecule has 0 aliphatic rings. The van der Waals surface area contributed by atoms with Gasteiger partial charge in [-0.2, -0.15) is 4.98 Å². The predicted molar refractivity (Wildman–Crippen MR) is 93.0 cm³/mol. The van der Waals surface area contributed by atoms with Gasteiger partial charge in [-0.05, 0) is 31.5 Å². The van der Waals surface area contributed by atoms with Crippen molar-refractivity contribution in [1.82, 2.24) is 15.5 Å². The number of carbonyl (C=O) groups is 1. The number of rotatable bonds is 6. The Morgan fingerprint density at radius 1 is 1.16 bits per heavy atom. The van der Waals surface area contributed by atoms with E-state index >= 15 is 0 Å². The van der Waals surface area contributed by atoms with Crippen LogP contribution in [0.4, 0.5) is 0 Å². The van der Waals surface area contributed by atoms with Crippen LogP contribution in [0.25, 0.3) is 11.5 Å². The molecule has 0 aliphatic carbocycles. The molecule has 1 heterocycles. The minimum atomic E-state index is -0.201. The van der Waals surface area contributed by atoms with Gasteiger partial charge in [-0.1, -0.05) is 47.6 Å². The van der Waals surface area contributed by atoms with Crippen LogP contribution in [0.2, 0.25) is 0 Å². The standard InChI is InChI=1S/C19H19N3O3/c1-13(15-8-4-3-5-9-15)20-18(23)12-24-17-11-7-6-10-16(17)19-21-14(2)22-25-19/h3-11,13H,12H2,1-2H3,(H,20,23)/t13-/m0/s1. The molecule has 3 aromatic rings. The van der Waals surface area contributed by atoms with Crippen molar-refractivity contribution >= 4 is 5.91 Å². The van der Waals surface area contributed by atoms with Gasteiger partial charge in [0.05, 0.1) is 11.6 Å². The van der Waals surface area contributed by atoms with E-state index in [1.807, 2.05) is 55.5 Å². The molecule has 1 amide bonds. The third-order valence-electron chi connectivity index (χ3n) is 3.68. The van der Waals surface area contributed by atoms with E-state index in [4.69, 9.17) is 9.26 Å². The van der Waals surface area contributed by atoms with Gasteiger partial charge in [-0.15, -0.1) is 0 Å². The molecule has 2 aromatic carbocycles. The Morgan fingerprint density at radius 3 is 2.60 bits per heavy atom. The zero-order valence-electron chi connectivity index (χ0n) is 14.1. The lowest BCUT2D eigenvalue weighted by molar-refractivity contribution is -0.123. The molecular weight excluding hydrogens is 318 g/mol. The van der Waals surface area contributed by atoms with Crippen molar-refractivity contribution in [3.8, 4) is 17.2 Å². The summed E-state index contributed by atoms with van der Waals surface area (Å²) in [6.07, 6.45) is 0. The minimum Gasteiger partial charge on any atom is -0.483 e. The maximum absolute atomic E-state index is 12.2. The van der Waals surface area contributed by atoms with Crippen molar-refractivity contribution in [1.29, 1.82) is 0 Å². The Balaban J connectivity index is 1.63. The summed E-state index contributed by atoms with van der Waals surface area (Å²) >= 11 is 0. The molecule has 0 spiro atoms. The Kier molecular flexibility index (Phi) is 5.09. The van der Waals surface area contributed by atoms with Crippen molar-refractivity contribution < 1.29 is 14.1 Å². The van der Waals surface area contributed by atoms with E-state index in [1.54, 1.807) is 13.0 Å². The molecule has 0 radical (unpaired) electrons. The molecule has 1 N–H and O–H groups in total. The number of amides is 1. The fourth-order valence-corrected chi connectivity index (χ4v) is 2.43. The van der Waals surface area contributed by atoms with Crippen molar-refractivity contribution in [2.24, 2.45) is 0 Å². The quantitative estimate of drug-likeness (QED) is 0.747. The molecule has 0 fully saturated rings. The van der Waals surface area contributed by atoms with Crippen LogP contribution in [0.15, 0.2) is 59.1 Å². The second-order valence-corrected chi connectivity index (χ2v) is 5.63. The zero-order valence-corrected chi connectivity index (χ0v) is 14.1. The van der Waals surface area contributed by atoms with Crippen molar-refractivity contribution in [3.05, 3.63) is 66.0 Å². The largest absolute Gasteiger partial charge is 0.483 e. The Bertz CT molecular complexity index is 846. The third-order valence-corrected chi connectivity index (χ3v) is 3.68. The monoisotopic (exact) mass is 337 g/mol. The van der Waals surface area contributed by atoms with Crippen LogP contribution >= 0.6 is 0 Å². The van der Waals surface area contributed by atoms with Crippen LogP contribution in [0, 0.1) is 6.92 Å². The van der Waals surface area contributed by atoms with Crippen molar-refractivity contribution in [2.45, 2.75) is 19.9 Å². The molecule has 0 saturated heterocycles. The highest BCUT2D eigenvalue weighted by molar-refractivity contribution is 5.78. The Morgan fingerprint density at radius 2 is 1.88 bits per heavy atom. The fourth-order valence-electron chi connectivity index (χ4n) is 2.43. The summed E-state index contributed by atoms with van der Waals surface area (Å²) in [5.74, 6) is 1.23. The van der Waals surface area contributed by atoms with Crippen LogP contribution in [-0.4, -0.2) is 22.7 Å². The first-order valence-electron chi connectivity index (χ1n) is 8.00. The first-order chi connectivity index (χ1) is 12.1. The van der Waals surface area contributed by atoms with Gasteiger partial charge >= 0.3 is 0 Å². The molecule has 25 heavy (non-hydrogen) atoms. The Hall–Kier alpha value is -3.15. The van der Waals surface area contributed by atoms with E-state index in [1.165, 1.54) is 0 Å². The van der Waals surface area contributed by atoms with Gasteiger partial charge in [0.15, 0.2) is 12.4 Å². The van der Waals surface area contributed by atoms with E-state index in [0.29, 0.717) is 23.0 Å². The minimum absolute atomic E-state index is 0.0915. The normalized spacial score (nSPS) is 11.8. The number of nitrogens with one attached hydrogen (secondary N) is 1. The molecule has 0 saturated carbocycles. The lowest BCUT2D eigenvalue weighted by atomic mass is 10.1. The molecule has 0 aliphatic heterocycles. The first-order valence-corrected chi connectivity index (χ1v) is 8.00. The molecular formula is C19H19N3O3. The zero-order chi connectivity index (χ0) is 17.6. The third kappa shape index (κ3) is 4.23.